The lowest BCUT2D eigenvalue weighted by Gasteiger charge is -2.17. The van der Waals surface area contributed by atoms with Gasteiger partial charge in [-0.2, -0.15) is 0 Å². The highest BCUT2D eigenvalue weighted by Crippen LogP contribution is 2.19. The average Bonchev–Trinajstić information content (AvgIpc) is 2.38. The van der Waals surface area contributed by atoms with Crippen LogP contribution in [-0.4, -0.2) is 37.4 Å². The number of nitrogens with one attached hydrogen (secondary N) is 1. The Bertz CT molecular complexity index is 345. The van der Waals surface area contributed by atoms with Crippen LogP contribution >= 0.6 is 11.6 Å². The topological polar surface area (TPSA) is 58.6 Å². The van der Waals surface area contributed by atoms with Gasteiger partial charge in [0.1, 0.15) is 5.38 Å². The molecule has 0 bridgehead atoms. The van der Waals surface area contributed by atoms with Crippen molar-refractivity contribution < 1.29 is 14.6 Å². The third-order valence-electron chi connectivity index (χ3n) is 2.26. The van der Waals surface area contributed by atoms with Gasteiger partial charge in [0.15, 0.2) is 0 Å². The van der Waals surface area contributed by atoms with Crippen molar-refractivity contribution in [1.82, 2.24) is 5.32 Å². The van der Waals surface area contributed by atoms with E-state index in [2.05, 4.69) is 5.32 Å². The molecule has 1 aromatic carbocycles. The zero-order valence-corrected chi connectivity index (χ0v) is 10.4. The molecular formula is C12H16ClNO3. The molecule has 4 nitrogen and oxygen atoms in total. The third kappa shape index (κ3) is 4.34. The second-order valence-electron chi connectivity index (χ2n) is 3.62. The summed E-state index contributed by atoms with van der Waals surface area (Å²) in [7, 11) is 1.50. The number of aliphatic hydroxyl groups excluding tert-OH is 1. The van der Waals surface area contributed by atoms with Crippen LogP contribution in [0.1, 0.15) is 10.9 Å². The van der Waals surface area contributed by atoms with Crippen molar-refractivity contribution in [3.63, 3.8) is 0 Å². The van der Waals surface area contributed by atoms with Gasteiger partial charge in [-0.25, -0.2) is 0 Å². The Morgan fingerprint density at radius 2 is 2.12 bits per heavy atom. The monoisotopic (exact) mass is 257 g/mol. The lowest BCUT2D eigenvalue weighted by Crippen LogP contribution is -2.42. The van der Waals surface area contributed by atoms with Crippen molar-refractivity contribution in [2.75, 3.05) is 20.3 Å². The fourth-order valence-corrected chi connectivity index (χ4v) is 1.60. The molecule has 0 aliphatic heterocycles. The van der Waals surface area contributed by atoms with E-state index in [1.54, 1.807) is 12.1 Å². The molecule has 2 atom stereocenters. The zero-order valence-electron chi connectivity index (χ0n) is 9.60. The highest BCUT2D eigenvalue weighted by Gasteiger charge is 2.20. The van der Waals surface area contributed by atoms with Gasteiger partial charge in [-0.05, 0) is 5.56 Å². The fourth-order valence-electron chi connectivity index (χ4n) is 1.39. The van der Waals surface area contributed by atoms with Gasteiger partial charge in [-0.1, -0.05) is 30.3 Å². The number of carbonyl (C=O) groups is 1. The molecule has 0 aliphatic carbocycles. The summed E-state index contributed by atoms with van der Waals surface area (Å²) in [5, 5.41) is 10.9. The maximum atomic E-state index is 11.8. The SMILES string of the molecule is COCC(CO)NC(=O)C(Cl)c1ccccc1. The van der Waals surface area contributed by atoms with Crippen LogP contribution in [0.15, 0.2) is 30.3 Å². The fraction of sp³-hybridized carbons (Fsp3) is 0.417. The number of halogens is 1. The molecule has 0 heterocycles. The number of rotatable bonds is 6. The molecule has 2 N–H and O–H groups in total. The molecule has 0 aliphatic rings. The number of carbonyl (C=O) groups excluding carboxylic acids is 1. The third-order valence-corrected chi connectivity index (χ3v) is 2.71. The molecule has 1 aromatic rings. The molecular weight excluding hydrogens is 242 g/mol. The Morgan fingerprint density at radius 1 is 1.47 bits per heavy atom. The van der Waals surface area contributed by atoms with Crippen LogP contribution in [0.25, 0.3) is 0 Å². The van der Waals surface area contributed by atoms with Gasteiger partial charge in [0, 0.05) is 7.11 Å². The van der Waals surface area contributed by atoms with Crippen LogP contribution in [0.2, 0.25) is 0 Å². The molecule has 0 spiro atoms. The van der Waals surface area contributed by atoms with Gasteiger partial charge < -0.3 is 15.2 Å². The molecule has 1 amide bonds. The number of benzene rings is 1. The van der Waals surface area contributed by atoms with Crippen LogP contribution in [-0.2, 0) is 9.53 Å². The number of methoxy groups -OCH3 is 1. The number of aliphatic hydroxyl groups is 1. The predicted octanol–water partition coefficient (Wildman–Crippen LogP) is 1.09. The van der Waals surface area contributed by atoms with Crippen molar-refractivity contribution in [1.29, 1.82) is 0 Å². The maximum absolute atomic E-state index is 11.8. The lowest BCUT2D eigenvalue weighted by molar-refractivity contribution is -0.122. The Balaban J connectivity index is 2.58. The van der Waals surface area contributed by atoms with E-state index in [1.165, 1.54) is 7.11 Å². The molecule has 5 heteroatoms. The second-order valence-corrected chi connectivity index (χ2v) is 4.05. The number of hydrogen-bond donors (Lipinski definition) is 2. The minimum Gasteiger partial charge on any atom is -0.394 e. The molecule has 17 heavy (non-hydrogen) atoms. The van der Waals surface area contributed by atoms with E-state index in [0.29, 0.717) is 0 Å². The van der Waals surface area contributed by atoms with Crippen molar-refractivity contribution in [2.45, 2.75) is 11.4 Å². The van der Waals surface area contributed by atoms with Crippen LogP contribution in [0, 0.1) is 0 Å². The Morgan fingerprint density at radius 3 is 2.65 bits per heavy atom. The van der Waals surface area contributed by atoms with Gasteiger partial charge in [-0.3, -0.25) is 4.79 Å². The quantitative estimate of drug-likeness (QED) is 0.750. The van der Waals surface area contributed by atoms with Gasteiger partial charge in [0.05, 0.1) is 19.3 Å². The van der Waals surface area contributed by atoms with E-state index >= 15 is 0 Å². The van der Waals surface area contributed by atoms with E-state index in [-0.39, 0.29) is 19.1 Å². The van der Waals surface area contributed by atoms with Gasteiger partial charge in [-0.15, -0.1) is 11.6 Å². The number of hydrogen-bond acceptors (Lipinski definition) is 3. The molecule has 0 aromatic heterocycles. The largest absolute Gasteiger partial charge is 0.394 e. The summed E-state index contributed by atoms with van der Waals surface area (Å²) >= 11 is 6.02. The van der Waals surface area contributed by atoms with E-state index in [0.717, 1.165) is 5.56 Å². The summed E-state index contributed by atoms with van der Waals surface area (Å²) in [6.45, 7) is 0.0681. The highest BCUT2D eigenvalue weighted by atomic mass is 35.5. The van der Waals surface area contributed by atoms with E-state index in [9.17, 15) is 4.79 Å². The first-order valence-electron chi connectivity index (χ1n) is 5.28. The van der Waals surface area contributed by atoms with Gasteiger partial charge in [0.25, 0.3) is 0 Å². The molecule has 0 radical (unpaired) electrons. The number of amides is 1. The lowest BCUT2D eigenvalue weighted by atomic mass is 10.1. The molecule has 2 unspecified atom stereocenters. The van der Waals surface area contributed by atoms with Crippen molar-refractivity contribution in [2.24, 2.45) is 0 Å². The normalized spacial score (nSPS) is 14.1. The summed E-state index contributed by atoms with van der Waals surface area (Å²) in [4.78, 5) is 11.8. The smallest absolute Gasteiger partial charge is 0.242 e. The minimum absolute atomic E-state index is 0.183. The summed E-state index contributed by atoms with van der Waals surface area (Å²) < 4.78 is 4.86. The van der Waals surface area contributed by atoms with Gasteiger partial charge >= 0.3 is 0 Å². The first kappa shape index (κ1) is 14.0. The van der Waals surface area contributed by atoms with Crippen LogP contribution < -0.4 is 5.32 Å². The van der Waals surface area contributed by atoms with Crippen molar-refractivity contribution in [3.05, 3.63) is 35.9 Å². The number of alkyl halides is 1. The Kier molecular flexibility index (Phi) is 5.97. The molecule has 0 saturated heterocycles. The Labute approximate surface area is 106 Å². The standard InChI is InChI=1S/C12H16ClNO3/c1-17-8-10(7-15)14-12(16)11(13)9-5-3-2-4-6-9/h2-6,10-11,15H,7-8H2,1H3,(H,14,16). The minimum atomic E-state index is -0.762. The van der Waals surface area contributed by atoms with Crippen LogP contribution in [0.4, 0.5) is 0 Å². The van der Waals surface area contributed by atoms with Crippen molar-refractivity contribution in [3.8, 4) is 0 Å². The molecule has 94 valence electrons. The molecule has 1 rings (SSSR count). The van der Waals surface area contributed by atoms with Crippen molar-refractivity contribution >= 4 is 17.5 Å². The maximum Gasteiger partial charge on any atom is 0.242 e. The average molecular weight is 258 g/mol. The summed E-state index contributed by atoms with van der Waals surface area (Å²) in [5.41, 5.74) is 0.723. The Hall–Kier alpha value is -1.10. The number of ether oxygens (including phenoxy) is 1. The summed E-state index contributed by atoms with van der Waals surface area (Å²) in [6, 6.07) is 8.61. The summed E-state index contributed by atoms with van der Waals surface area (Å²) in [6.07, 6.45) is 0. The second kappa shape index (κ2) is 7.27. The van der Waals surface area contributed by atoms with Gasteiger partial charge in [0.2, 0.25) is 5.91 Å². The molecule has 0 saturated carbocycles. The highest BCUT2D eigenvalue weighted by molar-refractivity contribution is 6.30. The van der Waals surface area contributed by atoms with Crippen LogP contribution in [0.5, 0.6) is 0 Å². The summed E-state index contributed by atoms with van der Waals surface area (Å²) in [5.74, 6) is -0.339. The first-order chi connectivity index (χ1) is 8.19. The van der Waals surface area contributed by atoms with E-state index in [1.807, 2.05) is 18.2 Å². The predicted molar refractivity (Wildman–Crippen MR) is 65.9 cm³/mol. The van der Waals surface area contributed by atoms with Crippen LogP contribution in [0.3, 0.4) is 0 Å². The van der Waals surface area contributed by atoms with E-state index < -0.39 is 11.4 Å². The molecule has 0 fully saturated rings. The van der Waals surface area contributed by atoms with E-state index in [4.69, 9.17) is 21.4 Å². The zero-order chi connectivity index (χ0) is 12.7. The first-order valence-corrected chi connectivity index (χ1v) is 5.72.